The molecule has 0 bridgehead atoms. The second kappa shape index (κ2) is 7.79. The van der Waals surface area contributed by atoms with E-state index in [-0.39, 0.29) is 0 Å². The highest BCUT2D eigenvalue weighted by molar-refractivity contribution is 5.97. The van der Waals surface area contributed by atoms with E-state index in [4.69, 9.17) is 4.74 Å². The number of hydrogen-bond donors (Lipinski definition) is 1. The van der Waals surface area contributed by atoms with Gasteiger partial charge in [0, 0.05) is 13.1 Å². The minimum absolute atomic E-state index is 0.392. The van der Waals surface area contributed by atoms with Gasteiger partial charge in [-0.2, -0.15) is 5.10 Å². The lowest BCUT2D eigenvalue weighted by atomic mass is 10.1. The second-order valence-corrected chi connectivity index (χ2v) is 5.93. The summed E-state index contributed by atoms with van der Waals surface area (Å²) in [5.41, 5.74) is 4.18. The molecule has 1 N–H and O–H groups in total. The van der Waals surface area contributed by atoms with Gasteiger partial charge in [-0.1, -0.05) is 24.3 Å². The summed E-state index contributed by atoms with van der Waals surface area (Å²) in [5.74, 6) is -0.956. The fourth-order valence-electron chi connectivity index (χ4n) is 2.38. The van der Waals surface area contributed by atoms with E-state index in [1.165, 1.54) is 13.0 Å². The van der Waals surface area contributed by atoms with Crippen molar-refractivity contribution in [3.05, 3.63) is 52.9 Å². The highest BCUT2D eigenvalue weighted by Crippen LogP contribution is 2.18. The summed E-state index contributed by atoms with van der Waals surface area (Å²) in [6, 6.07) is 7.69. The fraction of sp³-hybridized carbons (Fsp3) is 0.316. The number of rotatable bonds is 5. The smallest absolute Gasteiger partial charge is 0.331 e. The van der Waals surface area contributed by atoms with Crippen LogP contribution in [0.4, 0.5) is 5.69 Å². The van der Waals surface area contributed by atoms with Crippen molar-refractivity contribution in [3.8, 4) is 0 Å². The van der Waals surface area contributed by atoms with E-state index in [0.29, 0.717) is 11.4 Å². The quantitative estimate of drug-likeness (QED) is 0.670. The molecule has 0 fully saturated rings. The number of aryl methyl sites for hydroxylation is 3. The Balaban J connectivity index is 1.96. The van der Waals surface area contributed by atoms with Crippen LogP contribution < -0.4 is 5.32 Å². The normalized spacial score (nSPS) is 12.2. The molecule has 0 aliphatic carbocycles. The molecule has 0 saturated heterocycles. The number of benzene rings is 1. The van der Waals surface area contributed by atoms with Crippen LogP contribution in [0.5, 0.6) is 0 Å². The van der Waals surface area contributed by atoms with Gasteiger partial charge < -0.3 is 10.1 Å². The third kappa shape index (κ3) is 4.56. The molecule has 132 valence electrons. The van der Waals surface area contributed by atoms with E-state index in [0.717, 1.165) is 16.8 Å². The highest BCUT2D eigenvalue weighted by Gasteiger charge is 2.20. The molecule has 1 heterocycles. The van der Waals surface area contributed by atoms with Crippen molar-refractivity contribution in [2.75, 3.05) is 5.32 Å². The average molecular weight is 341 g/mol. The van der Waals surface area contributed by atoms with Crippen molar-refractivity contribution in [2.24, 2.45) is 7.05 Å². The standard InChI is InChI=1S/C19H23N3O3/c1-12-8-6-7-9-16(12)10-11-17(23)25-15(4)19(24)20-18-13(2)21-22(5)14(18)3/h6-11,15H,1-5H3,(H,20,24). The Bertz CT molecular complexity index is 821. The van der Waals surface area contributed by atoms with Crippen molar-refractivity contribution in [1.29, 1.82) is 0 Å². The van der Waals surface area contributed by atoms with Crippen LogP contribution in [-0.2, 0) is 21.4 Å². The third-order valence-corrected chi connectivity index (χ3v) is 4.01. The number of carbonyl (C=O) groups is 2. The number of amides is 1. The predicted octanol–water partition coefficient (Wildman–Crippen LogP) is 2.93. The molecule has 0 aliphatic rings. The van der Waals surface area contributed by atoms with E-state index in [2.05, 4.69) is 10.4 Å². The van der Waals surface area contributed by atoms with Gasteiger partial charge in [-0.05, 0) is 44.9 Å². The Morgan fingerprint density at radius 1 is 1.24 bits per heavy atom. The van der Waals surface area contributed by atoms with Crippen molar-refractivity contribution in [2.45, 2.75) is 33.8 Å². The summed E-state index contributed by atoms with van der Waals surface area (Å²) >= 11 is 0. The van der Waals surface area contributed by atoms with E-state index >= 15 is 0 Å². The summed E-state index contributed by atoms with van der Waals surface area (Å²) < 4.78 is 6.85. The number of nitrogens with one attached hydrogen (secondary N) is 1. The van der Waals surface area contributed by atoms with Crippen LogP contribution in [0.2, 0.25) is 0 Å². The molecular weight excluding hydrogens is 318 g/mol. The minimum atomic E-state index is -0.909. The molecule has 2 rings (SSSR count). The molecule has 6 nitrogen and oxygen atoms in total. The van der Waals surface area contributed by atoms with Gasteiger partial charge >= 0.3 is 5.97 Å². The molecule has 1 aromatic heterocycles. The van der Waals surface area contributed by atoms with Crippen LogP contribution in [0.1, 0.15) is 29.4 Å². The molecule has 0 saturated carbocycles. The summed E-state index contributed by atoms with van der Waals surface area (Å²) in [4.78, 5) is 24.2. The Morgan fingerprint density at radius 2 is 1.92 bits per heavy atom. The van der Waals surface area contributed by atoms with Gasteiger partial charge in [0.2, 0.25) is 0 Å². The Hall–Kier alpha value is -2.89. The monoisotopic (exact) mass is 341 g/mol. The fourth-order valence-corrected chi connectivity index (χ4v) is 2.38. The SMILES string of the molecule is Cc1ccccc1C=CC(=O)OC(C)C(=O)Nc1c(C)nn(C)c1C. The van der Waals surface area contributed by atoms with Gasteiger partial charge in [0.05, 0.1) is 17.1 Å². The molecule has 0 aliphatic heterocycles. The number of carbonyl (C=O) groups excluding carboxylic acids is 2. The number of esters is 1. The molecule has 1 unspecified atom stereocenters. The number of ether oxygens (including phenoxy) is 1. The first-order valence-electron chi connectivity index (χ1n) is 8.05. The minimum Gasteiger partial charge on any atom is -0.449 e. The predicted molar refractivity (Wildman–Crippen MR) is 97.1 cm³/mol. The summed E-state index contributed by atoms with van der Waals surface area (Å²) in [5, 5.41) is 7.00. The van der Waals surface area contributed by atoms with Crippen molar-refractivity contribution in [1.82, 2.24) is 9.78 Å². The largest absolute Gasteiger partial charge is 0.449 e. The molecule has 0 spiro atoms. The number of nitrogens with zero attached hydrogens (tertiary/aromatic N) is 2. The van der Waals surface area contributed by atoms with Crippen LogP contribution in [0.15, 0.2) is 30.3 Å². The Morgan fingerprint density at radius 3 is 2.52 bits per heavy atom. The number of aromatic nitrogens is 2. The zero-order chi connectivity index (χ0) is 18.6. The van der Waals surface area contributed by atoms with E-state index in [1.807, 2.05) is 45.0 Å². The maximum atomic E-state index is 12.2. The summed E-state index contributed by atoms with van der Waals surface area (Å²) in [7, 11) is 1.80. The molecule has 2 aromatic rings. The lowest BCUT2D eigenvalue weighted by Gasteiger charge is -2.12. The maximum Gasteiger partial charge on any atom is 0.331 e. The topological polar surface area (TPSA) is 73.2 Å². The van der Waals surface area contributed by atoms with Gasteiger partial charge in [0.1, 0.15) is 0 Å². The average Bonchev–Trinajstić information content (AvgIpc) is 2.80. The first-order chi connectivity index (χ1) is 11.8. The van der Waals surface area contributed by atoms with E-state index in [1.54, 1.807) is 17.8 Å². The highest BCUT2D eigenvalue weighted by atomic mass is 16.5. The van der Waals surface area contributed by atoms with Crippen LogP contribution in [0.3, 0.4) is 0 Å². The number of anilines is 1. The van der Waals surface area contributed by atoms with Crippen LogP contribution in [0.25, 0.3) is 6.08 Å². The van der Waals surface area contributed by atoms with Crippen molar-refractivity contribution in [3.63, 3.8) is 0 Å². The lowest BCUT2D eigenvalue weighted by molar-refractivity contribution is -0.148. The van der Waals surface area contributed by atoms with Gasteiger partial charge in [-0.25, -0.2) is 4.79 Å². The van der Waals surface area contributed by atoms with Gasteiger partial charge in [-0.15, -0.1) is 0 Å². The van der Waals surface area contributed by atoms with Crippen LogP contribution in [0, 0.1) is 20.8 Å². The van der Waals surface area contributed by atoms with Gasteiger partial charge in [0.25, 0.3) is 5.91 Å². The summed E-state index contributed by atoms with van der Waals surface area (Å²) in [6.45, 7) is 7.16. The maximum absolute atomic E-state index is 12.2. The molecule has 0 radical (unpaired) electrons. The first-order valence-corrected chi connectivity index (χ1v) is 8.05. The molecule has 6 heteroatoms. The molecular formula is C19H23N3O3. The zero-order valence-electron chi connectivity index (χ0n) is 15.2. The summed E-state index contributed by atoms with van der Waals surface area (Å²) in [6.07, 6.45) is 2.10. The van der Waals surface area contributed by atoms with E-state index in [9.17, 15) is 9.59 Å². The lowest BCUT2D eigenvalue weighted by Crippen LogP contribution is -2.29. The van der Waals surface area contributed by atoms with Gasteiger partial charge in [-0.3, -0.25) is 9.48 Å². The molecule has 25 heavy (non-hydrogen) atoms. The molecule has 1 aromatic carbocycles. The van der Waals surface area contributed by atoms with E-state index < -0.39 is 18.0 Å². The van der Waals surface area contributed by atoms with Gasteiger partial charge in [0.15, 0.2) is 6.10 Å². The molecule has 1 atom stereocenters. The Kier molecular flexibility index (Phi) is 5.75. The zero-order valence-corrected chi connectivity index (χ0v) is 15.2. The van der Waals surface area contributed by atoms with Crippen molar-refractivity contribution >= 4 is 23.6 Å². The first kappa shape index (κ1) is 18.4. The number of hydrogen-bond acceptors (Lipinski definition) is 4. The van der Waals surface area contributed by atoms with Crippen LogP contribution >= 0.6 is 0 Å². The third-order valence-electron chi connectivity index (χ3n) is 4.01. The second-order valence-electron chi connectivity index (χ2n) is 5.93. The molecule has 1 amide bonds. The van der Waals surface area contributed by atoms with Crippen molar-refractivity contribution < 1.29 is 14.3 Å². The Labute approximate surface area is 147 Å². The van der Waals surface area contributed by atoms with Crippen LogP contribution in [-0.4, -0.2) is 27.8 Å².